The number of carbonyl (C=O) groups excluding carboxylic acids is 1. The van der Waals surface area contributed by atoms with Crippen molar-refractivity contribution in [2.75, 3.05) is 13.1 Å². The summed E-state index contributed by atoms with van der Waals surface area (Å²) in [7, 11) is 0. The Balaban J connectivity index is 2.49. The molecule has 2 atom stereocenters. The number of carbonyl (C=O) groups is 1. The van der Waals surface area contributed by atoms with E-state index in [4.69, 9.17) is 11.5 Å². The molecule has 1 rings (SSSR count). The number of nitrogens with two attached hydrogens (primary N) is 2. The average Bonchev–Trinajstić information content (AvgIpc) is 2.13. The van der Waals surface area contributed by atoms with Gasteiger partial charge in [0.1, 0.15) is 0 Å². The van der Waals surface area contributed by atoms with E-state index in [0.29, 0.717) is 13.1 Å². The zero-order chi connectivity index (χ0) is 6.85. The van der Waals surface area contributed by atoms with Crippen LogP contribution in [0.4, 0.5) is 0 Å². The van der Waals surface area contributed by atoms with Crippen molar-refractivity contribution in [3.05, 3.63) is 0 Å². The van der Waals surface area contributed by atoms with Crippen LogP contribution >= 0.6 is 0 Å². The largest absolute Gasteiger partial charge is 0.369 e. The van der Waals surface area contributed by atoms with Gasteiger partial charge in [-0.05, 0) is 0 Å². The van der Waals surface area contributed by atoms with Crippen molar-refractivity contribution in [3.63, 3.8) is 0 Å². The molecule has 51 valence electrons. The first kappa shape index (κ1) is 6.51. The second-order valence-electron chi connectivity index (χ2n) is 2.26. The molecule has 0 aromatic heterocycles. The normalized spacial score (nSPS) is 34.8. The van der Waals surface area contributed by atoms with Gasteiger partial charge in [-0.1, -0.05) is 0 Å². The Morgan fingerprint density at radius 2 is 2.22 bits per heavy atom. The predicted molar refractivity (Wildman–Crippen MR) is 32.5 cm³/mol. The second-order valence-corrected chi connectivity index (χ2v) is 2.26. The van der Waals surface area contributed by atoms with Gasteiger partial charge in [0.25, 0.3) is 0 Å². The SMILES string of the molecule is NC(=O)C1C[N]CC1N. The summed E-state index contributed by atoms with van der Waals surface area (Å²) in [4.78, 5) is 10.5. The third-order valence-electron chi connectivity index (χ3n) is 1.55. The standard InChI is InChI=1S/C5H10N3O/c6-4-2-8-1-3(4)5(7)9/h3-4H,1-2,6H2,(H2,7,9). The molecule has 1 heterocycles. The van der Waals surface area contributed by atoms with Crippen LogP contribution in [0.2, 0.25) is 0 Å². The van der Waals surface area contributed by atoms with Crippen LogP contribution < -0.4 is 16.8 Å². The predicted octanol–water partition coefficient (Wildman–Crippen LogP) is -1.97. The molecular formula is C5H10N3O. The van der Waals surface area contributed by atoms with Crippen LogP contribution in [-0.4, -0.2) is 25.0 Å². The first-order chi connectivity index (χ1) is 4.22. The van der Waals surface area contributed by atoms with Gasteiger partial charge in [0, 0.05) is 19.1 Å². The summed E-state index contributed by atoms with van der Waals surface area (Å²) in [6, 6.07) is -0.137. The highest BCUT2D eigenvalue weighted by Gasteiger charge is 2.28. The molecule has 1 fully saturated rings. The molecule has 4 heteroatoms. The summed E-state index contributed by atoms with van der Waals surface area (Å²) in [5.74, 6) is -0.547. The smallest absolute Gasteiger partial charge is 0.223 e. The van der Waals surface area contributed by atoms with Crippen molar-refractivity contribution >= 4 is 5.91 Å². The molecule has 0 spiro atoms. The minimum absolute atomic E-state index is 0.137. The van der Waals surface area contributed by atoms with E-state index in [2.05, 4.69) is 5.32 Å². The van der Waals surface area contributed by atoms with Crippen molar-refractivity contribution in [1.82, 2.24) is 5.32 Å². The van der Waals surface area contributed by atoms with Gasteiger partial charge in [0.15, 0.2) is 0 Å². The molecule has 4 N–H and O–H groups in total. The van der Waals surface area contributed by atoms with Gasteiger partial charge in [-0.15, -0.1) is 0 Å². The number of hydrogen-bond donors (Lipinski definition) is 2. The first-order valence-corrected chi connectivity index (χ1v) is 2.90. The Kier molecular flexibility index (Phi) is 1.68. The van der Waals surface area contributed by atoms with Crippen LogP contribution in [0.5, 0.6) is 0 Å². The molecule has 1 saturated heterocycles. The van der Waals surface area contributed by atoms with E-state index in [9.17, 15) is 4.79 Å². The van der Waals surface area contributed by atoms with Crippen LogP contribution in [0, 0.1) is 5.92 Å². The molecule has 0 aliphatic carbocycles. The molecule has 0 aromatic carbocycles. The topological polar surface area (TPSA) is 83.2 Å². The molecule has 0 saturated carbocycles. The molecule has 2 unspecified atom stereocenters. The fraction of sp³-hybridized carbons (Fsp3) is 0.800. The lowest BCUT2D eigenvalue weighted by molar-refractivity contribution is -0.121. The van der Waals surface area contributed by atoms with Crippen molar-refractivity contribution in [3.8, 4) is 0 Å². The average molecular weight is 128 g/mol. The van der Waals surface area contributed by atoms with Crippen LogP contribution in [0.25, 0.3) is 0 Å². The Hall–Kier alpha value is -0.610. The second kappa shape index (κ2) is 2.33. The molecule has 9 heavy (non-hydrogen) atoms. The van der Waals surface area contributed by atoms with Gasteiger partial charge in [-0.2, -0.15) is 0 Å². The number of hydrogen-bond acceptors (Lipinski definition) is 2. The molecule has 1 aliphatic heterocycles. The molecule has 4 nitrogen and oxygen atoms in total. The fourth-order valence-electron chi connectivity index (χ4n) is 0.926. The maximum atomic E-state index is 10.5. The van der Waals surface area contributed by atoms with Crippen LogP contribution in [0.1, 0.15) is 0 Å². The van der Waals surface area contributed by atoms with E-state index >= 15 is 0 Å². The minimum Gasteiger partial charge on any atom is -0.369 e. The van der Waals surface area contributed by atoms with Crippen LogP contribution in [-0.2, 0) is 4.79 Å². The van der Waals surface area contributed by atoms with Crippen LogP contribution in [0.3, 0.4) is 0 Å². The first-order valence-electron chi connectivity index (χ1n) is 2.90. The Labute approximate surface area is 53.6 Å². The molecule has 0 aromatic rings. The minimum atomic E-state index is -0.330. The number of rotatable bonds is 1. The van der Waals surface area contributed by atoms with E-state index in [1.165, 1.54) is 0 Å². The van der Waals surface area contributed by atoms with Gasteiger partial charge in [0.2, 0.25) is 5.91 Å². The lowest BCUT2D eigenvalue weighted by Crippen LogP contribution is -2.37. The summed E-state index contributed by atoms with van der Waals surface area (Å²) >= 11 is 0. The van der Waals surface area contributed by atoms with E-state index in [1.807, 2.05) is 0 Å². The van der Waals surface area contributed by atoms with Gasteiger partial charge in [0.05, 0.1) is 5.92 Å². The summed E-state index contributed by atoms with van der Waals surface area (Å²) < 4.78 is 0. The Bertz CT molecular complexity index is 125. The van der Waals surface area contributed by atoms with Gasteiger partial charge >= 0.3 is 0 Å². The van der Waals surface area contributed by atoms with Crippen LogP contribution in [0.15, 0.2) is 0 Å². The molecule has 0 bridgehead atoms. The van der Waals surface area contributed by atoms with Gasteiger partial charge < -0.3 is 11.5 Å². The Morgan fingerprint density at radius 3 is 2.44 bits per heavy atom. The molecule has 1 aliphatic rings. The van der Waals surface area contributed by atoms with E-state index in [0.717, 1.165) is 0 Å². The molecular weight excluding hydrogens is 118 g/mol. The van der Waals surface area contributed by atoms with Crippen molar-refractivity contribution in [2.45, 2.75) is 6.04 Å². The highest BCUT2D eigenvalue weighted by atomic mass is 16.1. The van der Waals surface area contributed by atoms with Crippen molar-refractivity contribution in [1.29, 1.82) is 0 Å². The fourth-order valence-corrected chi connectivity index (χ4v) is 0.926. The summed E-state index contributed by atoms with van der Waals surface area (Å²) in [5.41, 5.74) is 10.5. The lowest BCUT2D eigenvalue weighted by Gasteiger charge is -2.07. The molecule has 1 amide bonds. The van der Waals surface area contributed by atoms with E-state index in [-0.39, 0.29) is 17.9 Å². The van der Waals surface area contributed by atoms with E-state index in [1.54, 1.807) is 0 Å². The zero-order valence-electron chi connectivity index (χ0n) is 5.08. The van der Waals surface area contributed by atoms with Gasteiger partial charge in [-0.3, -0.25) is 4.79 Å². The highest BCUT2D eigenvalue weighted by molar-refractivity contribution is 5.78. The quantitative estimate of drug-likeness (QED) is 0.429. The van der Waals surface area contributed by atoms with Crippen molar-refractivity contribution in [2.24, 2.45) is 17.4 Å². The van der Waals surface area contributed by atoms with E-state index < -0.39 is 0 Å². The summed E-state index contributed by atoms with van der Waals surface area (Å²) in [6.45, 7) is 1.09. The number of primary amides is 1. The highest BCUT2D eigenvalue weighted by Crippen LogP contribution is 2.05. The van der Waals surface area contributed by atoms with Crippen molar-refractivity contribution < 1.29 is 4.79 Å². The number of nitrogens with zero attached hydrogens (tertiary/aromatic N) is 1. The molecule has 1 radical (unpaired) electrons. The summed E-state index contributed by atoms with van der Waals surface area (Å²) in [5, 5.41) is 3.94. The third kappa shape index (κ3) is 1.20. The zero-order valence-corrected chi connectivity index (χ0v) is 5.08. The summed E-state index contributed by atoms with van der Waals surface area (Å²) in [6.07, 6.45) is 0. The van der Waals surface area contributed by atoms with Gasteiger partial charge in [-0.25, -0.2) is 5.32 Å². The Morgan fingerprint density at radius 1 is 1.56 bits per heavy atom. The monoisotopic (exact) mass is 128 g/mol. The number of amides is 1. The third-order valence-corrected chi connectivity index (χ3v) is 1.55. The maximum Gasteiger partial charge on any atom is 0.223 e. The maximum absolute atomic E-state index is 10.5. The lowest BCUT2D eigenvalue weighted by atomic mass is 10.1.